The molecule has 5 nitrogen and oxygen atoms in total. The van der Waals surface area contributed by atoms with Gasteiger partial charge in [0.15, 0.2) is 17.5 Å². The fraction of sp³-hybridized carbons (Fsp3) is 0.0182. The van der Waals surface area contributed by atoms with Crippen LogP contribution in [-0.2, 0) is 5.41 Å². The second-order valence-corrected chi connectivity index (χ2v) is 15.3. The first-order valence-electron chi connectivity index (χ1n) is 20.2. The highest BCUT2D eigenvalue weighted by Crippen LogP contribution is 2.64. The SMILES string of the molecule is c1ccc(-c2nc(-c3ccccc3)nc(-c3ccc(-c4cccc5c4Oc4c(-c6cccc7ccncc67)cccc4C54c5ccccc5-c5ccccc54)cc3)n2)cc1. The summed E-state index contributed by atoms with van der Waals surface area (Å²) in [7, 11) is 0. The predicted octanol–water partition coefficient (Wildman–Crippen LogP) is 13.2. The largest absolute Gasteiger partial charge is 0.455 e. The molecule has 0 saturated heterocycles. The van der Waals surface area contributed by atoms with Gasteiger partial charge in [0.05, 0.1) is 5.41 Å². The summed E-state index contributed by atoms with van der Waals surface area (Å²) in [4.78, 5) is 19.4. The van der Waals surface area contributed by atoms with E-state index in [-0.39, 0.29) is 0 Å². The van der Waals surface area contributed by atoms with Gasteiger partial charge in [0.25, 0.3) is 0 Å². The topological polar surface area (TPSA) is 60.8 Å². The second kappa shape index (κ2) is 13.5. The van der Waals surface area contributed by atoms with Crippen molar-refractivity contribution in [3.8, 4) is 79.0 Å². The number of nitrogens with zero attached hydrogens (tertiary/aromatic N) is 4. The van der Waals surface area contributed by atoms with Crippen molar-refractivity contribution < 1.29 is 4.74 Å². The number of para-hydroxylation sites is 2. The molecule has 0 radical (unpaired) electrons. The molecule has 8 aromatic carbocycles. The van der Waals surface area contributed by atoms with Gasteiger partial charge in [-0.15, -0.1) is 0 Å². The zero-order valence-electron chi connectivity index (χ0n) is 32.3. The third-order valence-electron chi connectivity index (χ3n) is 12.1. The van der Waals surface area contributed by atoms with Crippen molar-refractivity contribution in [3.63, 3.8) is 0 Å². The number of hydrogen-bond acceptors (Lipinski definition) is 5. The van der Waals surface area contributed by atoms with Crippen LogP contribution in [0.2, 0.25) is 0 Å². The van der Waals surface area contributed by atoms with Crippen LogP contribution >= 0.6 is 0 Å². The molecule has 10 aromatic rings. The van der Waals surface area contributed by atoms with E-state index < -0.39 is 5.41 Å². The number of rotatable bonds is 5. The third kappa shape index (κ3) is 5.12. The van der Waals surface area contributed by atoms with Gasteiger partial charge in [0.1, 0.15) is 11.5 Å². The minimum absolute atomic E-state index is 0.613. The van der Waals surface area contributed by atoms with Crippen LogP contribution in [0.1, 0.15) is 22.3 Å². The van der Waals surface area contributed by atoms with Crippen molar-refractivity contribution in [2.75, 3.05) is 0 Å². The van der Waals surface area contributed by atoms with Crippen LogP contribution in [0.5, 0.6) is 11.5 Å². The van der Waals surface area contributed by atoms with Gasteiger partial charge in [0, 0.05) is 56.7 Å². The van der Waals surface area contributed by atoms with Crippen molar-refractivity contribution in [1.29, 1.82) is 0 Å². The minimum Gasteiger partial charge on any atom is -0.455 e. The van der Waals surface area contributed by atoms with E-state index in [9.17, 15) is 0 Å². The van der Waals surface area contributed by atoms with Gasteiger partial charge in [0.2, 0.25) is 0 Å². The van der Waals surface area contributed by atoms with Gasteiger partial charge >= 0.3 is 0 Å². The summed E-state index contributed by atoms with van der Waals surface area (Å²) >= 11 is 0. The summed E-state index contributed by atoms with van der Waals surface area (Å²) in [5, 5.41) is 2.21. The van der Waals surface area contributed by atoms with Crippen molar-refractivity contribution in [3.05, 3.63) is 229 Å². The molecule has 1 spiro atoms. The Morgan fingerprint density at radius 2 is 0.783 bits per heavy atom. The van der Waals surface area contributed by atoms with Gasteiger partial charge in [-0.1, -0.05) is 188 Å². The van der Waals surface area contributed by atoms with E-state index in [1.54, 1.807) is 0 Å². The van der Waals surface area contributed by atoms with Crippen molar-refractivity contribution >= 4 is 10.8 Å². The summed E-state index contributed by atoms with van der Waals surface area (Å²) in [6.07, 6.45) is 3.81. The second-order valence-electron chi connectivity index (χ2n) is 15.3. The van der Waals surface area contributed by atoms with Crippen LogP contribution in [0.3, 0.4) is 0 Å². The number of ether oxygens (including phenoxy) is 1. The van der Waals surface area contributed by atoms with Crippen LogP contribution in [0.15, 0.2) is 207 Å². The molecule has 0 unspecified atom stereocenters. The number of pyridine rings is 1. The molecule has 0 atom stereocenters. The Labute approximate surface area is 347 Å². The maximum absolute atomic E-state index is 7.41. The highest BCUT2D eigenvalue weighted by atomic mass is 16.5. The number of hydrogen-bond donors (Lipinski definition) is 0. The van der Waals surface area contributed by atoms with E-state index in [2.05, 4.69) is 138 Å². The average Bonchev–Trinajstić information content (AvgIpc) is 3.62. The number of aromatic nitrogens is 4. The summed E-state index contributed by atoms with van der Waals surface area (Å²) in [5.41, 5.74) is 13.5. The lowest BCUT2D eigenvalue weighted by molar-refractivity contribution is 0.440. The molecule has 0 bridgehead atoms. The van der Waals surface area contributed by atoms with Gasteiger partial charge in [-0.2, -0.15) is 0 Å². The van der Waals surface area contributed by atoms with E-state index in [1.807, 2.05) is 73.1 Å². The standard InChI is InChI=1S/C55H34N4O/c1-3-14-37(15-4-1)52-57-53(38-16-5-2-6-17-38)59-54(58-52)39-30-28-36(29-31-39)40-21-12-26-48-50(40)60-51-44(41-22-11-18-35-32-33-56-34-45(35)41)23-13-27-49(51)55(48)46-24-9-7-19-42(46)43-20-8-10-25-47(43)55/h1-34H. The first-order valence-corrected chi connectivity index (χ1v) is 20.2. The minimum atomic E-state index is -0.628. The first kappa shape index (κ1) is 34.1. The van der Waals surface area contributed by atoms with E-state index >= 15 is 0 Å². The highest BCUT2D eigenvalue weighted by molar-refractivity contribution is 5.99. The van der Waals surface area contributed by atoms with E-state index in [0.717, 1.165) is 72.3 Å². The monoisotopic (exact) mass is 766 g/mol. The van der Waals surface area contributed by atoms with Crippen LogP contribution in [-0.4, -0.2) is 19.9 Å². The molecule has 5 heteroatoms. The Morgan fingerprint density at radius 3 is 1.40 bits per heavy atom. The summed E-state index contributed by atoms with van der Waals surface area (Å²) in [6, 6.07) is 68.1. The Bertz CT molecular complexity index is 3180. The molecule has 2 aliphatic rings. The molecule has 0 amide bonds. The van der Waals surface area contributed by atoms with Gasteiger partial charge in [-0.3, -0.25) is 4.98 Å². The molecular formula is C55H34N4O. The maximum Gasteiger partial charge on any atom is 0.164 e. The van der Waals surface area contributed by atoms with Gasteiger partial charge in [-0.25, -0.2) is 15.0 Å². The Balaban J connectivity index is 1.06. The summed E-state index contributed by atoms with van der Waals surface area (Å²) in [6.45, 7) is 0. The lowest BCUT2D eigenvalue weighted by Gasteiger charge is -2.41. The normalized spacial score (nSPS) is 12.9. The zero-order valence-corrected chi connectivity index (χ0v) is 32.3. The van der Waals surface area contributed by atoms with Crippen molar-refractivity contribution in [2.24, 2.45) is 0 Å². The molecule has 12 rings (SSSR count). The quantitative estimate of drug-likeness (QED) is 0.175. The molecule has 3 heterocycles. The number of benzene rings is 8. The van der Waals surface area contributed by atoms with E-state index in [0.29, 0.717) is 17.5 Å². The highest BCUT2D eigenvalue weighted by Gasteiger charge is 2.52. The molecule has 0 fully saturated rings. The van der Waals surface area contributed by atoms with Gasteiger partial charge in [-0.05, 0) is 44.8 Å². The fourth-order valence-corrected chi connectivity index (χ4v) is 9.47. The molecule has 60 heavy (non-hydrogen) atoms. The molecule has 280 valence electrons. The molecule has 1 aliphatic carbocycles. The zero-order chi connectivity index (χ0) is 39.6. The van der Waals surface area contributed by atoms with E-state index in [1.165, 1.54) is 22.3 Å². The lowest BCUT2D eigenvalue weighted by atomic mass is 9.65. The van der Waals surface area contributed by atoms with Crippen LogP contribution < -0.4 is 4.74 Å². The van der Waals surface area contributed by atoms with Crippen molar-refractivity contribution in [2.45, 2.75) is 5.41 Å². The molecule has 1 aliphatic heterocycles. The Hall–Kier alpha value is -8.02. The summed E-state index contributed by atoms with van der Waals surface area (Å²) in [5.74, 6) is 3.57. The van der Waals surface area contributed by atoms with E-state index in [4.69, 9.17) is 19.7 Å². The maximum atomic E-state index is 7.41. The Morgan fingerprint density at radius 1 is 0.333 bits per heavy atom. The van der Waals surface area contributed by atoms with Crippen molar-refractivity contribution in [1.82, 2.24) is 19.9 Å². The molecular weight excluding hydrogens is 733 g/mol. The van der Waals surface area contributed by atoms with Gasteiger partial charge < -0.3 is 4.74 Å². The van der Waals surface area contributed by atoms with Crippen LogP contribution in [0, 0.1) is 0 Å². The number of fused-ring (bicyclic) bond motifs is 10. The van der Waals surface area contributed by atoms with Crippen LogP contribution in [0.4, 0.5) is 0 Å². The molecule has 2 aromatic heterocycles. The fourth-order valence-electron chi connectivity index (χ4n) is 9.47. The average molecular weight is 767 g/mol. The molecule has 0 saturated carbocycles. The molecule has 0 N–H and O–H groups in total. The predicted molar refractivity (Wildman–Crippen MR) is 240 cm³/mol. The van der Waals surface area contributed by atoms with Crippen LogP contribution in [0.25, 0.3) is 78.3 Å². The first-order chi connectivity index (χ1) is 29.8. The lowest BCUT2D eigenvalue weighted by Crippen LogP contribution is -2.32. The summed E-state index contributed by atoms with van der Waals surface area (Å²) < 4.78 is 7.41. The third-order valence-corrected chi connectivity index (χ3v) is 12.1. The Kier molecular flexibility index (Phi) is 7.69. The smallest absolute Gasteiger partial charge is 0.164 e.